The van der Waals surface area contributed by atoms with Crippen LogP contribution in [0.2, 0.25) is 0 Å². The van der Waals surface area contributed by atoms with Crippen molar-refractivity contribution in [1.82, 2.24) is 10.2 Å². The maximum absolute atomic E-state index is 13.9. The van der Waals surface area contributed by atoms with Crippen LogP contribution < -0.4 is 10.1 Å². The van der Waals surface area contributed by atoms with Crippen molar-refractivity contribution in [3.63, 3.8) is 0 Å². The first-order valence-electron chi connectivity index (χ1n) is 8.08. The molecule has 1 atom stereocenters. The summed E-state index contributed by atoms with van der Waals surface area (Å²) in [5.74, 6) is -1.55. The number of ether oxygens (including phenoxy) is 1. The molecule has 5 nitrogen and oxygen atoms in total. The zero-order valence-corrected chi connectivity index (χ0v) is 14.0. The molecule has 1 heterocycles. The van der Waals surface area contributed by atoms with Gasteiger partial charge in [-0.2, -0.15) is 0 Å². The van der Waals surface area contributed by atoms with Gasteiger partial charge in [-0.05, 0) is 30.3 Å². The van der Waals surface area contributed by atoms with E-state index in [9.17, 15) is 27.5 Å². The van der Waals surface area contributed by atoms with Gasteiger partial charge in [0.25, 0.3) is 6.43 Å². The standard InChI is InChI=1S/C18H16F4N2O3/c19-11-2-4-14(20)13(7-11)16(17(21)22)23-18(26)24-5-6-27-15-8-12(25)3-1-10(15)9-24/h1-4,7-8,16-17,25H,5-6,9H2,(H,23,26). The topological polar surface area (TPSA) is 61.8 Å². The summed E-state index contributed by atoms with van der Waals surface area (Å²) < 4.78 is 59.5. The van der Waals surface area contributed by atoms with Gasteiger partial charge < -0.3 is 20.1 Å². The highest BCUT2D eigenvalue weighted by Crippen LogP contribution is 2.28. The molecule has 0 radical (unpaired) electrons. The quantitative estimate of drug-likeness (QED) is 0.796. The summed E-state index contributed by atoms with van der Waals surface area (Å²) in [5.41, 5.74) is -0.0549. The van der Waals surface area contributed by atoms with Crippen LogP contribution in [0.25, 0.3) is 0 Å². The van der Waals surface area contributed by atoms with Crippen molar-refractivity contribution in [2.45, 2.75) is 19.0 Å². The third-order valence-electron chi connectivity index (χ3n) is 4.14. The number of phenolic OH excluding ortho intramolecular Hbond substituents is 1. The molecule has 1 aliphatic rings. The van der Waals surface area contributed by atoms with E-state index in [1.165, 1.54) is 17.0 Å². The van der Waals surface area contributed by atoms with Gasteiger partial charge in [-0.3, -0.25) is 0 Å². The number of carbonyl (C=O) groups is 1. The number of aromatic hydroxyl groups is 1. The molecular weight excluding hydrogens is 368 g/mol. The lowest BCUT2D eigenvalue weighted by atomic mass is 10.1. The Balaban J connectivity index is 1.80. The third-order valence-corrected chi connectivity index (χ3v) is 4.14. The number of alkyl halides is 2. The highest BCUT2D eigenvalue weighted by atomic mass is 19.3. The van der Waals surface area contributed by atoms with Crippen LogP contribution in [0.15, 0.2) is 36.4 Å². The number of hydrogen-bond acceptors (Lipinski definition) is 3. The molecule has 27 heavy (non-hydrogen) atoms. The second-order valence-electron chi connectivity index (χ2n) is 5.99. The molecule has 0 saturated heterocycles. The van der Waals surface area contributed by atoms with Gasteiger partial charge in [0.2, 0.25) is 0 Å². The van der Waals surface area contributed by atoms with Gasteiger partial charge in [0.15, 0.2) is 0 Å². The van der Waals surface area contributed by atoms with Gasteiger partial charge in [-0.15, -0.1) is 0 Å². The Morgan fingerprint density at radius 3 is 2.70 bits per heavy atom. The minimum atomic E-state index is -3.14. The SMILES string of the molecule is O=C(NC(c1cc(F)ccc1F)C(F)F)N1CCOc2cc(O)ccc2C1. The maximum Gasteiger partial charge on any atom is 0.318 e. The van der Waals surface area contributed by atoms with E-state index in [1.54, 1.807) is 6.07 Å². The fraction of sp³-hybridized carbons (Fsp3) is 0.278. The molecule has 144 valence electrons. The van der Waals surface area contributed by atoms with E-state index in [2.05, 4.69) is 5.32 Å². The number of amides is 2. The minimum Gasteiger partial charge on any atom is -0.508 e. The van der Waals surface area contributed by atoms with Gasteiger partial charge >= 0.3 is 6.03 Å². The van der Waals surface area contributed by atoms with Gasteiger partial charge in [0.05, 0.1) is 13.1 Å². The van der Waals surface area contributed by atoms with E-state index < -0.39 is 35.7 Å². The molecule has 2 aromatic carbocycles. The number of benzene rings is 2. The first-order chi connectivity index (χ1) is 12.8. The Morgan fingerprint density at radius 2 is 1.96 bits per heavy atom. The van der Waals surface area contributed by atoms with Crippen molar-refractivity contribution in [3.8, 4) is 11.5 Å². The molecule has 2 N–H and O–H groups in total. The Bertz CT molecular complexity index is 847. The Labute approximate surface area is 152 Å². The highest BCUT2D eigenvalue weighted by Gasteiger charge is 2.30. The fourth-order valence-electron chi connectivity index (χ4n) is 2.79. The number of hydrogen-bond donors (Lipinski definition) is 2. The molecule has 0 aromatic heterocycles. The summed E-state index contributed by atoms with van der Waals surface area (Å²) in [4.78, 5) is 13.7. The smallest absolute Gasteiger partial charge is 0.318 e. The third kappa shape index (κ3) is 4.24. The largest absolute Gasteiger partial charge is 0.508 e. The summed E-state index contributed by atoms with van der Waals surface area (Å²) in [5, 5.41) is 11.6. The van der Waals surface area contributed by atoms with Crippen LogP contribution >= 0.6 is 0 Å². The average Bonchev–Trinajstić information content (AvgIpc) is 2.83. The van der Waals surface area contributed by atoms with E-state index in [4.69, 9.17) is 4.74 Å². The highest BCUT2D eigenvalue weighted by molar-refractivity contribution is 5.75. The van der Waals surface area contributed by atoms with Gasteiger partial charge in [-0.25, -0.2) is 22.4 Å². The molecule has 1 unspecified atom stereocenters. The predicted molar refractivity (Wildman–Crippen MR) is 87.6 cm³/mol. The van der Waals surface area contributed by atoms with Crippen molar-refractivity contribution in [2.24, 2.45) is 0 Å². The first-order valence-corrected chi connectivity index (χ1v) is 8.08. The van der Waals surface area contributed by atoms with Crippen molar-refractivity contribution < 1.29 is 32.2 Å². The van der Waals surface area contributed by atoms with Crippen LogP contribution in [-0.4, -0.2) is 35.6 Å². The summed E-state index contributed by atoms with van der Waals surface area (Å²) >= 11 is 0. The van der Waals surface area contributed by atoms with Gasteiger partial charge in [-0.1, -0.05) is 0 Å². The monoisotopic (exact) mass is 384 g/mol. The number of rotatable bonds is 3. The lowest BCUT2D eigenvalue weighted by Crippen LogP contribution is -2.44. The molecule has 0 spiro atoms. The fourth-order valence-corrected chi connectivity index (χ4v) is 2.79. The van der Waals surface area contributed by atoms with E-state index >= 15 is 0 Å². The predicted octanol–water partition coefficient (Wildman–Crippen LogP) is 3.58. The number of fused-ring (bicyclic) bond motifs is 1. The van der Waals surface area contributed by atoms with Crippen LogP contribution in [0, 0.1) is 11.6 Å². The zero-order valence-electron chi connectivity index (χ0n) is 14.0. The normalized spacial score (nSPS) is 14.9. The summed E-state index contributed by atoms with van der Waals surface area (Å²) in [7, 11) is 0. The molecular formula is C18H16F4N2O3. The second-order valence-corrected chi connectivity index (χ2v) is 5.99. The summed E-state index contributed by atoms with van der Waals surface area (Å²) in [6.45, 7) is 0.212. The molecule has 3 rings (SSSR count). The zero-order chi connectivity index (χ0) is 19.6. The number of nitrogens with zero attached hydrogens (tertiary/aromatic N) is 1. The average molecular weight is 384 g/mol. The number of phenols is 1. The number of urea groups is 1. The van der Waals surface area contributed by atoms with Crippen LogP contribution in [-0.2, 0) is 6.54 Å². The van der Waals surface area contributed by atoms with Crippen molar-refractivity contribution in [3.05, 3.63) is 59.2 Å². The second kappa shape index (κ2) is 7.73. The molecule has 9 heteroatoms. The molecule has 2 aromatic rings. The minimum absolute atomic E-state index is 0.00834. The number of nitrogens with one attached hydrogen (secondary N) is 1. The summed E-state index contributed by atoms with van der Waals surface area (Å²) in [6.07, 6.45) is -3.14. The van der Waals surface area contributed by atoms with Crippen LogP contribution in [0.1, 0.15) is 17.2 Å². The van der Waals surface area contributed by atoms with E-state index in [-0.39, 0.29) is 25.4 Å². The molecule has 0 aliphatic carbocycles. The number of halogens is 4. The van der Waals surface area contributed by atoms with Crippen molar-refractivity contribution in [1.29, 1.82) is 0 Å². The van der Waals surface area contributed by atoms with E-state index in [0.29, 0.717) is 17.4 Å². The Hall–Kier alpha value is -2.97. The van der Waals surface area contributed by atoms with E-state index in [1.807, 2.05) is 0 Å². The molecule has 0 fully saturated rings. The Morgan fingerprint density at radius 1 is 1.19 bits per heavy atom. The lowest BCUT2D eigenvalue weighted by molar-refractivity contribution is 0.0938. The van der Waals surface area contributed by atoms with Crippen LogP contribution in [0.3, 0.4) is 0 Å². The summed E-state index contributed by atoms with van der Waals surface area (Å²) in [6, 6.07) is 3.65. The molecule has 0 bridgehead atoms. The van der Waals surface area contributed by atoms with Crippen molar-refractivity contribution >= 4 is 6.03 Å². The number of carbonyl (C=O) groups excluding carboxylic acids is 1. The van der Waals surface area contributed by atoms with E-state index in [0.717, 1.165) is 12.1 Å². The van der Waals surface area contributed by atoms with Crippen LogP contribution in [0.4, 0.5) is 22.4 Å². The molecule has 1 aliphatic heterocycles. The Kier molecular flexibility index (Phi) is 5.38. The van der Waals surface area contributed by atoms with Gasteiger partial charge in [0.1, 0.15) is 35.8 Å². The first kappa shape index (κ1) is 18.8. The van der Waals surface area contributed by atoms with Crippen molar-refractivity contribution in [2.75, 3.05) is 13.2 Å². The van der Waals surface area contributed by atoms with Gasteiger partial charge in [0, 0.05) is 17.2 Å². The molecule has 2 amide bonds. The maximum atomic E-state index is 13.9. The van der Waals surface area contributed by atoms with Crippen LogP contribution in [0.5, 0.6) is 11.5 Å². The lowest BCUT2D eigenvalue weighted by Gasteiger charge is -2.25. The molecule has 0 saturated carbocycles.